The molecule has 0 saturated carbocycles. The summed E-state index contributed by atoms with van der Waals surface area (Å²) in [5, 5.41) is 10.4. The molecule has 0 bridgehead atoms. The highest BCUT2D eigenvalue weighted by Gasteiger charge is 2.29. The van der Waals surface area contributed by atoms with Crippen LogP contribution in [0.5, 0.6) is 0 Å². The summed E-state index contributed by atoms with van der Waals surface area (Å²) < 4.78 is 0. The average molecular weight is 320 g/mol. The standard InChI is InChI=1S/C20H20N2O2/c1-13(22-17-9-7-16(21)8-10-17)20-18(23)11-15(12-19(20)24)14-5-3-2-4-6-14/h2-10,15,23H,11-12,21H2,1H3. The van der Waals surface area contributed by atoms with Gasteiger partial charge in [-0.15, -0.1) is 0 Å². The van der Waals surface area contributed by atoms with Gasteiger partial charge in [-0.1, -0.05) is 30.3 Å². The molecule has 0 fully saturated rings. The molecular weight excluding hydrogens is 300 g/mol. The fraction of sp³-hybridized carbons (Fsp3) is 0.200. The summed E-state index contributed by atoms with van der Waals surface area (Å²) in [5.74, 6) is 0.0767. The van der Waals surface area contributed by atoms with E-state index < -0.39 is 0 Å². The molecule has 1 atom stereocenters. The molecule has 1 unspecified atom stereocenters. The van der Waals surface area contributed by atoms with Crippen molar-refractivity contribution in [1.29, 1.82) is 0 Å². The van der Waals surface area contributed by atoms with Crippen molar-refractivity contribution in [3.05, 3.63) is 71.5 Å². The van der Waals surface area contributed by atoms with E-state index in [0.29, 0.717) is 35.5 Å². The molecule has 0 aliphatic heterocycles. The Hall–Kier alpha value is -2.88. The number of allylic oxidation sites excluding steroid dienone is 2. The molecule has 4 heteroatoms. The van der Waals surface area contributed by atoms with Crippen LogP contribution in [0, 0.1) is 0 Å². The zero-order chi connectivity index (χ0) is 17.1. The van der Waals surface area contributed by atoms with Crippen LogP contribution in [-0.2, 0) is 4.79 Å². The molecule has 4 nitrogen and oxygen atoms in total. The SMILES string of the molecule is CC(=Nc1ccc(N)cc1)C1=C(O)CC(c2ccccc2)CC1=O. The highest BCUT2D eigenvalue weighted by atomic mass is 16.3. The summed E-state index contributed by atoms with van der Waals surface area (Å²) in [5.41, 5.74) is 8.99. The largest absolute Gasteiger partial charge is 0.511 e. The average Bonchev–Trinajstić information content (AvgIpc) is 2.57. The number of aliphatic hydroxyl groups excluding tert-OH is 1. The molecule has 0 saturated heterocycles. The predicted octanol–water partition coefficient (Wildman–Crippen LogP) is 4.32. The molecule has 0 spiro atoms. The lowest BCUT2D eigenvalue weighted by molar-refractivity contribution is -0.116. The second-order valence-corrected chi connectivity index (χ2v) is 6.05. The van der Waals surface area contributed by atoms with E-state index in [1.165, 1.54) is 0 Å². The van der Waals surface area contributed by atoms with E-state index in [-0.39, 0.29) is 17.5 Å². The van der Waals surface area contributed by atoms with Crippen LogP contribution in [0.3, 0.4) is 0 Å². The number of aliphatic imine (C=N–C) groups is 1. The number of nitrogens with zero attached hydrogens (tertiary/aromatic N) is 1. The summed E-state index contributed by atoms with van der Waals surface area (Å²) in [7, 11) is 0. The van der Waals surface area contributed by atoms with Gasteiger partial charge >= 0.3 is 0 Å². The van der Waals surface area contributed by atoms with E-state index in [9.17, 15) is 9.90 Å². The molecule has 2 aromatic rings. The number of aliphatic hydroxyl groups is 1. The number of Topliss-reactive ketones (excluding diaryl/α,β-unsaturated/α-hetero) is 1. The van der Waals surface area contributed by atoms with Gasteiger partial charge in [0.05, 0.1) is 17.0 Å². The third kappa shape index (κ3) is 3.38. The fourth-order valence-electron chi connectivity index (χ4n) is 3.06. The van der Waals surface area contributed by atoms with Crippen LogP contribution in [0.25, 0.3) is 0 Å². The van der Waals surface area contributed by atoms with Gasteiger partial charge in [0.2, 0.25) is 0 Å². The van der Waals surface area contributed by atoms with Crippen LogP contribution in [-0.4, -0.2) is 16.6 Å². The lowest BCUT2D eigenvalue weighted by atomic mass is 9.81. The summed E-state index contributed by atoms with van der Waals surface area (Å²) in [6.07, 6.45) is 0.845. The summed E-state index contributed by atoms with van der Waals surface area (Å²) in [4.78, 5) is 17.0. The molecule has 0 heterocycles. The first-order chi connectivity index (χ1) is 11.5. The number of nitrogens with two attached hydrogens (primary N) is 1. The Morgan fingerprint density at radius 3 is 2.38 bits per heavy atom. The quantitative estimate of drug-likeness (QED) is 0.653. The Balaban J connectivity index is 1.87. The van der Waals surface area contributed by atoms with Crippen molar-refractivity contribution in [2.75, 3.05) is 5.73 Å². The van der Waals surface area contributed by atoms with E-state index in [0.717, 1.165) is 5.56 Å². The Bertz CT molecular complexity index is 805. The number of ketones is 1. The van der Waals surface area contributed by atoms with Crippen LogP contribution in [0.1, 0.15) is 31.2 Å². The van der Waals surface area contributed by atoms with Gasteiger partial charge in [0.25, 0.3) is 0 Å². The second kappa shape index (κ2) is 6.71. The van der Waals surface area contributed by atoms with Gasteiger partial charge in [-0.25, -0.2) is 0 Å². The Kier molecular flexibility index (Phi) is 4.47. The summed E-state index contributed by atoms with van der Waals surface area (Å²) in [6.45, 7) is 1.75. The fourth-order valence-corrected chi connectivity index (χ4v) is 3.06. The first-order valence-electron chi connectivity index (χ1n) is 7.96. The molecule has 0 amide bonds. The maximum absolute atomic E-state index is 12.6. The minimum Gasteiger partial charge on any atom is -0.511 e. The lowest BCUT2D eigenvalue weighted by Gasteiger charge is -2.23. The summed E-state index contributed by atoms with van der Waals surface area (Å²) in [6, 6.07) is 16.9. The topological polar surface area (TPSA) is 75.7 Å². The van der Waals surface area contributed by atoms with Crippen LogP contribution >= 0.6 is 0 Å². The zero-order valence-electron chi connectivity index (χ0n) is 13.6. The van der Waals surface area contributed by atoms with Crippen LogP contribution < -0.4 is 5.73 Å². The zero-order valence-corrected chi connectivity index (χ0v) is 13.6. The lowest BCUT2D eigenvalue weighted by Crippen LogP contribution is -2.22. The number of nitrogen functional groups attached to an aromatic ring is 1. The van der Waals surface area contributed by atoms with Gasteiger partial charge in [-0.05, 0) is 42.7 Å². The third-order valence-electron chi connectivity index (χ3n) is 4.26. The maximum Gasteiger partial charge on any atom is 0.168 e. The predicted molar refractivity (Wildman–Crippen MR) is 96.7 cm³/mol. The molecule has 0 aromatic heterocycles. The number of hydrogen-bond acceptors (Lipinski definition) is 4. The second-order valence-electron chi connectivity index (χ2n) is 6.05. The molecule has 122 valence electrons. The van der Waals surface area contributed by atoms with Crippen molar-refractivity contribution in [3.63, 3.8) is 0 Å². The smallest absolute Gasteiger partial charge is 0.168 e. The Morgan fingerprint density at radius 1 is 1.08 bits per heavy atom. The van der Waals surface area contributed by atoms with Gasteiger partial charge in [0.15, 0.2) is 5.78 Å². The van der Waals surface area contributed by atoms with Crippen molar-refractivity contribution < 1.29 is 9.90 Å². The normalized spacial score (nSPS) is 18.8. The third-order valence-corrected chi connectivity index (χ3v) is 4.26. The van der Waals surface area contributed by atoms with E-state index in [1.54, 1.807) is 31.2 Å². The molecule has 1 aliphatic carbocycles. The highest BCUT2D eigenvalue weighted by molar-refractivity contribution is 6.23. The van der Waals surface area contributed by atoms with E-state index >= 15 is 0 Å². The number of carbonyl (C=O) groups is 1. The molecule has 0 radical (unpaired) electrons. The number of benzene rings is 2. The molecule has 2 aromatic carbocycles. The molecular formula is C20H20N2O2. The van der Waals surface area contributed by atoms with Crippen molar-refractivity contribution in [3.8, 4) is 0 Å². The van der Waals surface area contributed by atoms with Crippen molar-refractivity contribution >= 4 is 22.9 Å². The number of rotatable bonds is 3. The van der Waals surface area contributed by atoms with Crippen LogP contribution in [0.15, 0.2) is 70.9 Å². The van der Waals surface area contributed by atoms with E-state index in [2.05, 4.69) is 4.99 Å². The van der Waals surface area contributed by atoms with Gasteiger partial charge in [-0.3, -0.25) is 9.79 Å². The number of anilines is 1. The molecule has 1 aliphatic rings. The number of hydrogen-bond donors (Lipinski definition) is 2. The maximum atomic E-state index is 12.6. The van der Waals surface area contributed by atoms with Crippen molar-refractivity contribution in [2.45, 2.75) is 25.7 Å². The van der Waals surface area contributed by atoms with Crippen LogP contribution in [0.4, 0.5) is 11.4 Å². The first-order valence-corrected chi connectivity index (χ1v) is 7.96. The molecule has 3 rings (SSSR count). The summed E-state index contributed by atoms with van der Waals surface area (Å²) >= 11 is 0. The minimum atomic E-state index is -0.0655. The van der Waals surface area contributed by atoms with Gasteiger partial charge in [0, 0.05) is 18.5 Å². The molecule has 24 heavy (non-hydrogen) atoms. The first kappa shape index (κ1) is 16.0. The molecule has 3 N–H and O–H groups in total. The minimum absolute atomic E-state index is 0.0202. The highest BCUT2D eigenvalue weighted by Crippen LogP contribution is 2.34. The Morgan fingerprint density at radius 2 is 1.75 bits per heavy atom. The van der Waals surface area contributed by atoms with Crippen molar-refractivity contribution in [2.24, 2.45) is 4.99 Å². The van der Waals surface area contributed by atoms with Crippen molar-refractivity contribution in [1.82, 2.24) is 0 Å². The van der Waals surface area contributed by atoms with Gasteiger partial charge in [0.1, 0.15) is 5.76 Å². The van der Waals surface area contributed by atoms with E-state index in [4.69, 9.17) is 5.73 Å². The monoisotopic (exact) mass is 320 g/mol. The van der Waals surface area contributed by atoms with E-state index in [1.807, 2.05) is 30.3 Å². The van der Waals surface area contributed by atoms with Crippen LogP contribution in [0.2, 0.25) is 0 Å². The van der Waals surface area contributed by atoms with Gasteiger partial charge < -0.3 is 10.8 Å². The number of carbonyl (C=O) groups excluding carboxylic acids is 1. The Labute approximate surface area is 141 Å². The van der Waals surface area contributed by atoms with Gasteiger partial charge in [-0.2, -0.15) is 0 Å².